The van der Waals surface area contributed by atoms with Crippen molar-refractivity contribution in [2.75, 3.05) is 20.2 Å². The van der Waals surface area contributed by atoms with Crippen LogP contribution in [-0.2, 0) is 24.2 Å². The van der Waals surface area contributed by atoms with Crippen molar-refractivity contribution in [2.24, 2.45) is 5.92 Å². The number of likely N-dealkylation sites (tertiary alicyclic amines) is 1. The first-order valence-electron chi connectivity index (χ1n) is 9.77. The molecular weight excluding hydrogens is 338 g/mol. The van der Waals surface area contributed by atoms with Crippen LogP contribution < -0.4 is 4.74 Å². The lowest BCUT2D eigenvalue weighted by molar-refractivity contribution is -0.132. The van der Waals surface area contributed by atoms with Crippen molar-refractivity contribution in [3.05, 3.63) is 65.2 Å². The molecule has 144 valence electrons. The Labute approximate surface area is 161 Å². The van der Waals surface area contributed by atoms with E-state index < -0.39 is 0 Å². The molecule has 0 bridgehead atoms. The van der Waals surface area contributed by atoms with Gasteiger partial charge in [-0.2, -0.15) is 0 Å². The zero-order valence-electron chi connectivity index (χ0n) is 16.1. The van der Waals surface area contributed by atoms with Crippen LogP contribution in [0.5, 0.6) is 5.75 Å². The molecule has 27 heavy (non-hydrogen) atoms. The van der Waals surface area contributed by atoms with Gasteiger partial charge in [0.2, 0.25) is 5.91 Å². The van der Waals surface area contributed by atoms with Gasteiger partial charge in [0.15, 0.2) is 0 Å². The molecule has 0 aromatic heterocycles. The summed E-state index contributed by atoms with van der Waals surface area (Å²) in [5, 5.41) is 9.13. The smallest absolute Gasteiger partial charge is 0.222 e. The number of ether oxygens (including phenoxy) is 1. The lowest BCUT2D eigenvalue weighted by Crippen LogP contribution is -2.39. The Bertz CT molecular complexity index is 716. The molecule has 4 nitrogen and oxygen atoms in total. The van der Waals surface area contributed by atoms with Gasteiger partial charge < -0.3 is 14.7 Å². The zero-order valence-corrected chi connectivity index (χ0v) is 16.1. The van der Waals surface area contributed by atoms with Gasteiger partial charge in [-0.1, -0.05) is 36.4 Å². The van der Waals surface area contributed by atoms with E-state index in [4.69, 9.17) is 9.84 Å². The molecule has 1 amide bonds. The van der Waals surface area contributed by atoms with Crippen molar-refractivity contribution < 1.29 is 14.6 Å². The summed E-state index contributed by atoms with van der Waals surface area (Å²) in [6, 6.07) is 16.1. The van der Waals surface area contributed by atoms with Crippen LogP contribution in [0.4, 0.5) is 0 Å². The van der Waals surface area contributed by atoms with Crippen LogP contribution in [0.1, 0.15) is 36.0 Å². The summed E-state index contributed by atoms with van der Waals surface area (Å²) in [6.07, 6.45) is 4.53. The first-order valence-corrected chi connectivity index (χ1v) is 9.77. The first kappa shape index (κ1) is 19.4. The SMILES string of the molecule is COc1ccc(CCC(=O)N2CCC(Cc3ccc(CO)cc3)CC2)cc1. The zero-order chi connectivity index (χ0) is 19.1. The van der Waals surface area contributed by atoms with Gasteiger partial charge in [0.1, 0.15) is 5.75 Å². The monoisotopic (exact) mass is 367 g/mol. The fraction of sp³-hybridized carbons (Fsp3) is 0.435. The third-order valence-corrected chi connectivity index (χ3v) is 5.48. The number of aliphatic hydroxyl groups is 1. The first-order chi connectivity index (χ1) is 13.2. The maximum atomic E-state index is 12.5. The molecule has 1 N–H and O–H groups in total. The second kappa shape index (κ2) is 9.56. The predicted molar refractivity (Wildman–Crippen MR) is 107 cm³/mol. The van der Waals surface area contributed by atoms with E-state index in [0.29, 0.717) is 12.3 Å². The Morgan fingerprint density at radius 2 is 1.59 bits per heavy atom. The highest BCUT2D eigenvalue weighted by molar-refractivity contribution is 5.76. The van der Waals surface area contributed by atoms with Crippen molar-refractivity contribution in [1.82, 2.24) is 4.90 Å². The van der Waals surface area contributed by atoms with Crippen molar-refractivity contribution in [1.29, 1.82) is 0 Å². The maximum Gasteiger partial charge on any atom is 0.222 e. The number of aryl methyl sites for hydroxylation is 1. The second-order valence-corrected chi connectivity index (χ2v) is 7.35. The van der Waals surface area contributed by atoms with Gasteiger partial charge in [0, 0.05) is 19.5 Å². The number of hydrogen-bond acceptors (Lipinski definition) is 3. The molecule has 1 aliphatic rings. The van der Waals surface area contributed by atoms with Gasteiger partial charge in [-0.05, 0) is 60.4 Å². The average molecular weight is 367 g/mol. The summed E-state index contributed by atoms with van der Waals surface area (Å²) in [5.41, 5.74) is 3.44. The van der Waals surface area contributed by atoms with Gasteiger partial charge >= 0.3 is 0 Å². The van der Waals surface area contributed by atoms with Crippen molar-refractivity contribution in [2.45, 2.75) is 38.7 Å². The molecule has 2 aromatic rings. The quantitative estimate of drug-likeness (QED) is 0.813. The van der Waals surface area contributed by atoms with E-state index in [1.165, 1.54) is 11.1 Å². The minimum absolute atomic E-state index is 0.0945. The van der Waals surface area contributed by atoms with Crippen LogP contribution in [0.15, 0.2) is 48.5 Å². The Morgan fingerprint density at radius 3 is 2.19 bits per heavy atom. The van der Waals surface area contributed by atoms with Gasteiger partial charge in [-0.15, -0.1) is 0 Å². The van der Waals surface area contributed by atoms with Crippen LogP contribution in [0.2, 0.25) is 0 Å². The molecule has 0 saturated carbocycles. The van der Waals surface area contributed by atoms with Crippen molar-refractivity contribution in [3.8, 4) is 5.75 Å². The van der Waals surface area contributed by atoms with Crippen LogP contribution in [0.25, 0.3) is 0 Å². The van der Waals surface area contributed by atoms with Gasteiger partial charge in [-0.25, -0.2) is 0 Å². The van der Waals surface area contributed by atoms with Crippen LogP contribution in [-0.4, -0.2) is 36.1 Å². The number of rotatable bonds is 7. The van der Waals surface area contributed by atoms with Crippen LogP contribution in [0, 0.1) is 5.92 Å². The number of benzene rings is 2. The number of methoxy groups -OCH3 is 1. The Balaban J connectivity index is 1.41. The largest absolute Gasteiger partial charge is 0.497 e. The molecule has 0 unspecified atom stereocenters. The lowest BCUT2D eigenvalue weighted by atomic mass is 9.89. The average Bonchev–Trinajstić information content (AvgIpc) is 2.73. The Hall–Kier alpha value is -2.33. The fourth-order valence-electron chi connectivity index (χ4n) is 3.70. The summed E-state index contributed by atoms with van der Waals surface area (Å²) < 4.78 is 5.17. The van der Waals surface area contributed by atoms with E-state index in [0.717, 1.165) is 50.1 Å². The van der Waals surface area contributed by atoms with E-state index in [9.17, 15) is 4.79 Å². The maximum absolute atomic E-state index is 12.5. The predicted octanol–water partition coefficient (Wildman–Crippen LogP) is 3.60. The molecule has 1 heterocycles. The van der Waals surface area contributed by atoms with E-state index in [1.54, 1.807) is 7.11 Å². The minimum Gasteiger partial charge on any atom is -0.497 e. The summed E-state index contributed by atoms with van der Waals surface area (Å²) in [7, 11) is 1.66. The number of piperidine rings is 1. The highest BCUT2D eigenvalue weighted by atomic mass is 16.5. The van der Waals surface area contributed by atoms with E-state index in [-0.39, 0.29) is 12.5 Å². The molecule has 1 aliphatic heterocycles. The molecular formula is C23H29NO3. The van der Waals surface area contributed by atoms with Crippen molar-refractivity contribution >= 4 is 5.91 Å². The molecule has 0 spiro atoms. The molecule has 0 atom stereocenters. The number of aliphatic hydroxyl groups excluding tert-OH is 1. The Kier molecular flexibility index (Phi) is 6.88. The number of amides is 1. The molecule has 1 fully saturated rings. The molecule has 3 rings (SSSR count). The van der Waals surface area contributed by atoms with Gasteiger partial charge in [0.25, 0.3) is 0 Å². The third-order valence-electron chi connectivity index (χ3n) is 5.48. The number of carbonyl (C=O) groups excluding carboxylic acids is 1. The topological polar surface area (TPSA) is 49.8 Å². The van der Waals surface area contributed by atoms with Gasteiger partial charge in [-0.3, -0.25) is 4.79 Å². The van der Waals surface area contributed by atoms with E-state index in [1.807, 2.05) is 41.3 Å². The Morgan fingerprint density at radius 1 is 1.00 bits per heavy atom. The fourth-order valence-corrected chi connectivity index (χ4v) is 3.70. The van der Waals surface area contributed by atoms with Crippen molar-refractivity contribution in [3.63, 3.8) is 0 Å². The molecule has 0 radical (unpaired) electrons. The highest BCUT2D eigenvalue weighted by Gasteiger charge is 2.22. The molecule has 2 aromatic carbocycles. The summed E-state index contributed by atoms with van der Waals surface area (Å²) in [4.78, 5) is 14.5. The number of nitrogens with zero attached hydrogens (tertiary/aromatic N) is 1. The van der Waals surface area contributed by atoms with E-state index >= 15 is 0 Å². The molecule has 0 aliphatic carbocycles. The second-order valence-electron chi connectivity index (χ2n) is 7.35. The van der Waals surface area contributed by atoms with Gasteiger partial charge in [0.05, 0.1) is 13.7 Å². The molecule has 1 saturated heterocycles. The summed E-state index contributed by atoms with van der Waals surface area (Å²) in [6.45, 7) is 1.82. The highest BCUT2D eigenvalue weighted by Crippen LogP contribution is 2.23. The third kappa shape index (κ3) is 5.57. The number of carbonyl (C=O) groups is 1. The normalized spacial score (nSPS) is 15.0. The lowest BCUT2D eigenvalue weighted by Gasteiger charge is -2.32. The summed E-state index contributed by atoms with van der Waals surface area (Å²) in [5.74, 6) is 1.74. The minimum atomic E-state index is 0.0945. The number of hydrogen-bond donors (Lipinski definition) is 1. The van der Waals surface area contributed by atoms with E-state index in [2.05, 4.69) is 12.1 Å². The van der Waals surface area contributed by atoms with Crippen LogP contribution >= 0.6 is 0 Å². The molecule has 4 heteroatoms. The standard InChI is InChI=1S/C23H29NO3/c1-27-22-9-6-18(7-10-22)8-11-23(26)24-14-12-20(13-15-24)16-19-2-4-21(17-25)5-3-19/h2-7,9-10,20,25H,8,11-17H2,1H3. The summed E-state index contributed by atoms with van der Waals surface area (Å²) >= 11 is 0. The van der Waals surface area contributed by atoms with Crippen LogP contribution in [0.3, 0.4) is 0 Å².